The van der Waals surface area contributed by atoms with Gasteiger partial charge < -0.3 is 25.2 Å². The van der Waals surface area contributed by atoms with E-state index in [0.717, 1.165) is 28.6 Å². The van der Waals surface area contributed by atoms with Crippen LogP contribution >= 0.6 is 21.0 Å². The zero-order valence-electron chi connectivity index (χ0n) is 27.1. The van der Waals surface area contributed by atoms with Gasteiger partial charge >= 0.3 is 5.97 Å². The Labute approximate surface area is 261 Å². The first-order valence-electron chi connectivity index (χ1n) is 14.2. The van der Waals surface area contributed by atoms with Crippen LogP contribution in [0.4, 0.5) is 0 Å². The number of aromatic nitrogens is 1. The predicted octanol–water partition coefficient (Wildman–Crippen LogP) is 4.50. The normalized spacial score (nSPS) is 15.0. The Balaban J connectivity index is 2.48. The Morgan fingerprint density at radius 1 is 1.14 bits per heavy atom. The van der Waals surface area contributed by atoms with Gasteiger partial charge in [0.05, 0.1) is 12.1 Å². The van der Waals surface area contributed by atoms with Gasteiger partial charge in [0.2, 0.25) is 11.8 Å². The Hall–Kier alpha value is -2.57. The molecule has 2 amide bonds. The number of carbonyl (C=O) groups is 3. The van der Waals surface area contributed by atoms with Crippen molar-refractivity contribution in [3.63, 3.8) is 0 Å². The van der Waals surface area contributed by atoms with E-state index in [-0.39, 0.29) is 44.3 Å². The lowest BCUT2D eigenvalue weighted by molar-refractivity contribution is -0.141. The molecular weight excluding hydrogens is 645 g/mol. The summed E-state index contributed by atoms with van der Waals surface area (Å²) in [6, 6.07) is 4.47. The summed E-state index contributed by atoms with van der Waals surface area (Å²) in [5, 5.41) is 16.8. The van der Waals surface area contributed by atoms with Gasteiger partial charge in [-0.05, 0) is 69.6 Å². The third kappa shape index (κ3) is 8.08. The molecule has 234 valence electrons. The lowest BCUT2D eigenvalue weighted by Gasteiger charge is -2.39. The zero-order chi connectivity index (χ0) is 32.2. The Morgan fingerprint density at radius 2 is 1.76 bits per heavy atom. The molecule has 10 heteroatoms. The Morgan fingerprint density at radius 3 is 2.26 bits per heavy atom. The van der Waals surface area contributed by atoms with Crippen molar-refractivity contribution in [2.45, 2.75) is 85.5 Å². The van der Waals surface area contributed by atoms with Crippen LogP contribution in [0.15, 0.2) is 36.0 Å². The average molecular weight is 696 g/mol. The molecule has 42 heavy (non-hydrogen) atoms. The highest BCUT2D eigenvalue weighted by Gasteiger charge is 2.42. The van der Waals surface area contributed by atoms with Crippen LogP contribution in [0.25, 0.3) is 10.9 Å². The minimum absolute atomic E-state index is 0.0320. The summed E-state index contributed by atoms with van der Waals surface area (Å²) in [6.45, 7) is 16.0. The number of carboxylic acid groups (broad SMARTS) is 1. The van der Waals surface area contributed by atoms with E-state index in [4.69, 9.17) is 0 Å². The molecule has 9 nitrogen and oxygen atoms in total. The lowest BCUT2D eigenvalue weighted by Crippen LogP contribution is -2.61. The highest BCUT2D eigenvalue weighted by atomic mass is 127. The number of amides is 2. The van der Waals surface area contributed by atoms with E-state index in [1.54, 1.807) is 25.1 Å². The number of likely N-dealkylation sites (N-methyl/N-ethyl adjacent to an activating group) is 2. The molecule has 0 radical (unpaired) electrons. The maximum atomic E-state index is 14.0. The van der Waals surface area contributed by atoms with Crippen molar-refractivity contribution in [1.82, 2.24) is 23.6 Å². The fraction of sp³-hybridized carbons (Fsp3) is 0.562. The molecule has 3 atom stereocenters. The van der Waals surface area contributed by atoms with Crippen LogP contribution in [-0.4, -0.2) is 69.1 Å². The largest absolute Gasteiger partial charge is 0.478 e. The van der Waals surface area contributed by atoms with Crippen LogP contribution in [-0.2, 0) is 33.4 Å². The summed E-state index contributed by atoms with van der Waals surface area (Å²) < 4.78 is 9.43. The molecule has 1 aromatic carbocycles. The average Bonchev–Trinajstić information content (AvgIpc) is 3.23. The minimum atomic E-state index is -1.03. The van der Waals surface area contributed by atoms with Crippen LogP contribution in [0.3, 0.4) is 0 Å². The standard InChI is InChI=1S/C32H50IN5O4/c1-19(2)25(15-20(3)30(41)42)38(12)29(40)27(31(4,5)6)36-28(39)26(34-10)32(7,8)23-18-37(11)24-14-13-21(16-22(23)24)17-35-33-9/h13-16,18-19,25-27,34-35H,9,17H2,1-8,10-12H3,(H,36,39)(H,41,42)/b20-15+/t25-,26-,27-/m1/s1. The van der Waals surface area contributed by atoms with Crippen LogP contribution in [0.2, 0.25) is 0 Å². The molecule has 4 N–H and O–H groups in total. The van der Waals surface area contributed by atoms with E-state index in [2.05, 4.69) is 47.6 Å². The van der Waals surface area contributed by atoms with Crippen molar-refractivity contribution in [2.75, 3.05) is 14.1 Å². The smallest absolute Gasteiger partial charge is 0.331 e. The number of hydrogen-bond donors (Lipinski definition) is 4. The molecule has 1 heterocycles. The molecule has 0 saturated heterocycles. The number of benzene rings is 1. The number of aryl methyl sites for hydroxylation is 1. The van der Waals surface area contributed by atoms with E-state index in [0.29, 0.717) is 0 Å². The molecule has 0 saturated carbocycles. The quantitative estimate of drug-likeness (QED) is 0.140. The van der Waals surface area contributed by atoms with E-state index in [1.165, 1.54) is 6.92 Å². The molecular formula is C32H50IN5O4. The second kappa shape index (κ2) is 14.3. The summed E-state index contributed by atoms with van der Waals surface area (Å²) >= 11 is -0.284. The highest BCUT2D eigenvalue weighted by molar-refractivity contribution is 14.2. The summed E-state index contributed by atoms with van der Waals surface area (Å²) in [7, 11) is 5.44. The second-order valence-electron chi connectivity index (χ2n) is 13.0. The fourth-order valence-electron chi connectivity index (χ4n) is 5.47. The van der Waals surface area contributed by atoms with Gasteiger partial charge in [0.15, 0.2) is 0 Å². The number of halogens is 1. The maximum absolute atomic E-state index is 14.0. The molecule has 0 spiro atoms. The highest BCUT2D eigenvalue weighted by Crippen LogP contribution is 2.35. The van der Waals surface area contributed by atoms with Crippen molar-refractivity contribution in [2.24, 2.45) is 18.4 Å². The van der Waals surface area contributed by atoms with Gasteiger partial charge in [0.1, 0.15) is 6.04 Å². The van der Waals surface area contributed by atoms with Gasteiger partial charge in [-0.1, -0.05) is 65.1 Å². The number of rotatable bonds is 13. The molecule has 0 aliphatic heterocycles. The SMILES string of the molecule is C=INCc1ccc2c(c1)c(C(C)(C)[C@H](NC)C(=O)N[C@H](C(=O)N(C)[C@H](/C=C(\C)C(=O)O)C(C)C)C(C)(C)C)cn2C. The number of hydrogen-bond acceptors (Lipinski definition) is 5. The molecule has 2 aromatic rings. The monoisotopic (exact) mass is 695 g/mol. The number of carboxylic acids is 1. The van der Waals surface area contributed by atoms with Gasteiger partial charge in [-0.2, -0.15) is 0 Å². The molecule has 0 aliphatic rings. The molecule has 0 unspecified atom stereocenters. The van der Waals surface area contributed by atoms with Crippen LogP contribution in [0.1, 0.15) is 66.5 Å². The molecule has 0 aliphatic carbocycles. The van der Waals surface area contributed by atoms with Gasteiger partial charge in [-0.15, -0.1) is 0 Å². The van der Waals surface area contributed by atoms with Gasteiger partial charge in [-0.25, -0.2) is 4.79 Å². The maximum Gasteiger partial charge on any atom is 0.331 e. The summed E-state index contributed by atoms with van der Waals surface area (Å²) in [5.74, 6) is -1.61. The number of nitrogens with one attached hydrogen (secondary N) is 3. The molecule has 0 fully saturated rings. The molecule has 0 bridgehead atoms. The van der Waals surface area contributed by atoms with Crippen LogP contribution in [0, 0.1) is 11.3 Å². The number of nitrogens with zero attached hydrogens (tertiary/aromatic N) is 2. The second-order valence-corrected chi connectivity index (χ2v) is 14.6. The van der Waals surface area contributed by atoms with E-state index in [1.807, 2.05) is 55.5 Å². The van der Waals surface area contributed by atoms with Gasteiger partial charge in [0.25, 0.3) is 0 Å². The number of carbonyl (C=O) groups excluding carboxylic acids is 2. The number of aliphatic carboxylic acids is 1. The Kier molecular flexibility index (Phi) is 12.1. The van der Waals surface area contributed by atoms with E-state index >= 15 is 0 Å². The van der Waals surface area contributed by atoms with Crippen molar-refractivity contribution in [3.8, 4) is 0 Å². The van der Waals surface area contributed by atoms with Gasteiger partial charge in [0, 0.05) is 48.7 Å². The fourth-order valence-corrected chi connectivity index (χ4v) is 6.18. The zero-order valence-corrected chi connectivity index (χ0v) is 29.2. The lowest BCUT2D eigenvalue weighted by atomic mass is 9.76. The van der Waals surface area contributed by atoms with E-state index in [9.17, 15) is 19.5 Å². The summed E-state index contributed by atoms with van der Waals surface area (Å²) in [5.41, 5.74) is 2.20. The van der Waals surface area contributed by atoms with Crippen molar-refractivity contribution in [1.29, 1.82) is 0 Å². The first-order chi connectivity index (χ1) is 19.4. The van der Waals surface area contributed by atoms with Crippen LogP contribution in [0.5, 0.6) is 0 Å². The van der Waals surface area contributed by atoms with Crippen LogP contribution < -0.4 is 14.2 Å². The third-order valence-electron chi connectivity index (χ3n) is 8.02. The first kappa shape index (κ1) is 35.6. The van der Waals surface area contributed by atoms with Crippen molar-refractivity contribution in [3.05, 3.63) is 47.2 Å². The minimum Gasteiger partial charge on any atom is -0.478 e. The summed E-state index contributed by atoms with van der Waals surface area (Å²) in [6.07, 6.45) is 3.69. The summed E-state index contributed by atoms with van der Waals surface area (Å²) in [4.78, 5) is 41.1. The Bertz CT molecular complexity index is 1340. The van der Waals surface area contributed by atoms with Crippen molar-refractivity contribution >= 4 is 54.2 Å². The topological polar surface area (TPSA) is 116 Å². The van der Waals surface area contributed by atoms with Crippen molar-refractivity contribution < 1.29 is 19.5 Å². The first-order valence-corrected chi connectivity index (χ1v) is 16.8. The predicted molar refractivity (Wildman–Crippen MR) is 181 cm³/mol. The number of fused-ring (bicyclic) bond motifs is 1. The molecule has 1 aromatic heterocycles. The third-order valence-corrected chi connectivity index (χ3v) is 8.94. The molecule has 2 rings (SSSR count). The van der Waals surface area contributed by atoms with E-state index < -0.39 is 34.9 Å². The van der Waals surface area contributed by atoms with Gasteiger partial charge in [-0.3, -0.25) is 13.1 Å².